The van der Waals surface area contributed by atoms with Gasteiger partial charge in [-0.25, -0.2) is 4.39 Å². The summed E-state index contributed by atoms with van der Waals surface area (Å²) in [6.07, 6.45) is 0.378. The molecule has 1 fully saturated rings. The predicted molar refractivity (Wildman–Crippen MR) is 73.7 cm³/mol. The summed E-state index contributed by atoms with van der Waals surface area (Å²) in [6, 6.07) is 14.6. The summed E-state index contributed by atoms with van der Waals surface area (Å²) in [5, 5.41) is 10.4. The van der Waals surface area contributed by atoms with Gasteiger partial charge in [0.2, 0.25) is 0 Å². The van der Waals surface area contributed by atoms with Gasteiger partial charge < -0.3 is 5.11 Å². The molecule has 1 nitrogen and oxygen atoms in total. The second-order valence-corrected chi connectivity index (χ2v) is 5.44. The van der Waals surface area contributed by atoms with Crippen molar-refractivity contribution in [2.24, 2.45) is 5.92 Å². The Morgan fingerprint density at radius 1 is 1.16 bits per heavy atom. The van der Waals surface area contributed by atoms with Gasteiger partial charge in [0.05, 0.1) is 11.1 Å². The lowest BCUT2D eigenvalue weighted by Crippen LogP contribution is -2.01. The Balaban J connectivity index is 1.76. The van der Waals surface area contributed by atoms with Crippen molar-refractivity contribution in [3.63, 3.8) is 0 Å². The number of benzene rings is 2. The molecule has 0 spiro atoms. The summed E-state index contributed by atoms with van der Waals surface area (Å²) in [6.45, 7) is 0. The monoisotopic (exact) mass is 276 g/mol. The van der Waals surface area contributed by atoms with Crippen LogP contribution in [0.3, 0.4) is 0 Å². The average molecular weight is 277 g/mol. The van der Waals surface area contributed by atoms with E-state index in [1.54, 1.807) is 6.07 Å². The molecule has 1 N–H and O–H groups in total. The zero-order chi connectivity index (χ0) is 13.4. The van der Waals surface area contributed by atoms with Gasteiger partial charge in [-0.15, -0.1) is 0 Å². The van der Waals surface area contributed by atoms with Crippen LogP contribution in [0, 0.1) is 11.7 Å². The van der Waals surface area contributed by atoms with Crippen molar-refractivity contribution < 1.29 is 9.50 Å². The average Bonchev–Trinajstić information content (AvgIpc) is 3.22. The lowest BCUT2D eigenvalue weighted by atomic mass is 10.0. The molecular weight excluding hydrogens is 263 g/mol. The normalized spacial score (nSPS) is 23.1. The number of hydrogen-bond donors (Lipinski definition) is 1. The van der Waals surface area contributed by atoms with Crippen LogP contribution >= 0.6 is 11.6 Å². The first-order valence-electron chi connectivity index (χ1n) is 6.35. The van der Waals surface area contributed by atoms with E-state index in [-0.39, 0.29) is 10.9 Å². The third-order valence-corrected chi connectivity index (χ3v) is 4.05. The summed E-state index contributed by atoms with van der Waals surface area (Å²) in [5.74, 6) is 0.136. The predicted octanol–water partition coefficient (Wildman–Crippen LogP) is 4.32. The molecule has 2 aromatic carbocycles. The molecule has 3 heteroatoms. The zero-order valence-corrected chi connectivity index (χ0v) is 11.0. The smallest absolute Gasteiger partial charge is 0.141 e. The van der Waals surface area contributed by atoms with Gasteiger partial charge in [0, 0.05) is 0 Å². The van der Waals surface area contributed by atoms with Gasteiger partial charge in [-0.2, -0.15) is 0 Å². The topological polar surface area (TPSA) is 20.2 Å². The Labute approximate surface area is 116 Å². The van der Waals surface area contributed by atoms with E-state index < -0.39 is 11.9 Å². The first kappa shape index (κ1) is 12.6. The van der Waals surface area contributed by atoms with Crippen molar-refractivity contribution in [1.29, 1.82) is 0 Å². The molecule has 3 unspecified atom stereocenters. The van der Waals surface area contributed by atoms with Crippen LogP contribution in [0.15, 0.2) is 48.5 Å². The molecule has 1 saturated carbocycles. The second-order valence-electron chi connectivity index (χ2n) is 5.04. The Kier molecular flexibility index (Phi) is 3.29. The molecule has 19 heavy (non-hydrogen) atoms. The third kappa shape index (κ3) is 2.51. The van der Waals surface area contributed by atoms with Crippen LogP contribution in [0.25, 0.3) is 0 Å². The molecule has 0 aliphatic heterocycles. The molecule has 98 valence electrons. The Hall–Kier alpha value is -1.38. The summed E-state index contributed by atoms with van der Waals surface area (Å²) in [4.78, 5) is 0. The van der Waals surface area contributed by atoms with E-state index in [0.717, 1.165) is 6.42 Å². The van der Waals surface area contributed by atoms with Crippen molar-refractivity contribution >= 4 is 11.6 Å². The van der Waals surface area contributed by atoms with Crippen molar-refractivity contribution in [2.45, 2.75) is 18.4 Å². The van der Waals surface area contributed by atoms with E-state index in [4.69, 9.17) is 11.6 Å². The summed E-state index contributed by atoms with van der Waals surface area (Å²) < 4.78 is 13.1. The summed E-state index contributed by atoms with van der Waals surface area (Å²) in [5.41, 5.74) is 1.94. The number of aliphatic hydroxyl groups is 1. The Morgan fingerprint density at radius 2 is 1.89 bits per heavy atom. The number of hydrogen-bond acceptors (Lipinski definition) is 1. The lowest BCUT2D eigenvalue weighted by Gasteiger charge is -2.11. The van der Waals surface area contributed by atoms with Crippen LogP contribution < -0.4 is 0 Å². The van der Waals surface area contributed by atoms with E-state index in [0.29, 0.717) is 11.5 Å². The highest BCUT2D eigenvalue weighted by Gasteiger charge is 2.43. The van der Waals surface area contributed by atoms with Crippen LogP contribution in [0.1, 0.15) is 29.6 Å². The van der Waals surface area contributed by atoms with Crippen molar-refractivity contribution in [1.82, 2.24) is 0 Å². The van der Waals surface area contributed by atoms with E-state index in [1.165, 1.54) is 17.7 Å². The minimum absolute atomic E-state index is 0.0634. The van der Waals surface area contributed by atoms with Crippen LogP contribution in [-0.2, 0) is 0 Å². The highest BCUT2D eigenvalue weighted by molar-refractivity contribution is 6.30. The molecule has 2 aromatic rings. The SMILES string of the molecule is OC(c1ccc(F)c(Cl)c1)C1CC1c1ccccc1. The van der Waals surface area contributed by atoms with Crippen LogP contribution in [-0.4, -0.2) is 5.11 Å². The van der Waals surface area contributed by atoms with Crippen LogP contribution in [0.2, 0.25) is 5.02 Å². The number of aliphatic hydroxyl groups excluding tert-OH is 1. The fourth-order valence-corrected chi connectivity index (χ4v) is 2.78. The first-order valence-corrected chi connectivity index (χ1v) is 6.72. The lowest BCUT2D eigenvalue weighted by molar-refractivity contribution is 0.151. The van der Waals surface area contributed by atoms with Crippen LogP contribution in [0.4, 0.5) is 4.39 Å². The zero-order valence-electron chi connectivity index (χ0n) is 10.3. The van der Waals surface area contributed by atoms with Gasteiger partial charge in [0.15, 0.2) is 0 Å². The maximum absolute atomic E-state index is 13.1. The molecule has 1 aliphatic rings. The van der Waals surface area contributed by atoms with E-state index in [2.05, 4.69) is 12.1 Å². The summed E-state index contributed by atoms with van der Waals surface area (Å²) in [7, 11) is 0. The van der Waals surface area contributed by atoms with Gasteiger partial charge in [0.25, 0.3) is 0 Å². The van der Waals surface area contributed by atoms with Gasteiger partial charge in [-0.1, -0.05) is 48.0 Å². The van der Waals surface area contributed by atoms with Crippen molar-refractivity contribution in [2.75, 3.05) is 0 Å². The van der Waals surface area contributed by atoms with Gasteiger partial charge >= 0.3 is 0 Å². The van der Waals surface area contributed by atoms with E-state index in [9.17, 15) is 9.50 Å². The molecule has 0 amide bonds. The molecule has 3 rings (SSSR count). The van der Waals surface area contributed by atoms with Crippen LogP contribution in [0.5, 0.6) is 0 Å². The highest BCUT2D eigenvalue weighted by Crippen LogP contribution is 2.54. The van der Waals surface area contributed by atoms with Crippen molar-refractivity contribution in [3.05, 3.63) is 70.5 Å². The molecule has 0 aromatic heterocycles. The molecule has 3 atom stereocenters. The second kappa shape index (κ2) is 4.95. The fourth-order valence-electron chi connectivity index (χ4n) is 2.59. The number of rotatable bonds is 3. The Morgan fingerprint density at radius 3 is 2.58 bits per heavy atom. The van der Waals surface area contributed by atoms with E-state index >= 15 is 0 Å². The largest absolute Gasteiger partial charge is 0.388 e. The van der Waals surface area contributed by atoms with Gasteiger partial charge in [-0.3, -0.25) is 0 Å². The maximum atomic E-state index is 13.1. The minimum atomic E-state index is -0.580. The van der Waals surface area contributed by atoms with E-state index in [1.807, 2.05) is 18.2 Å². The minimum Gasteiger partial charge on any atom is -0.388 e. The molecule has 0 radical (unpaired) electrons. The molecule has 0 heterocycles. The van der Waals surface area contributed by atoms with Gasteiger partial charge in [-0.05, 0) is 41.5 Å². The van der Waals surface area contributed by atoms with Gasteiger partial charge in [0.1, 0.15) is 5.82 Å². The molecule has 0 bridgehead atoms. The first-order chi connectivity index (χ1) is 9.16. The molecular formula is C16H14ClFO. The Bertz CT molecular complexity index is 585. The quantitative estimate of drug-likeness (QED) is 0.885. The highest BCUT2D eigenvalue weighted by atomic mass is 35.5. The fraction of sp³-hybridized carbons (Fsp3) is 0.250. The molecule has 0 saturated heterocycles. The van der Waals surface area contributed by atoms with Crippen molar-refractivity contribution in [3.8, 4) is 0 Å². The third-order valence-electron chi connectivity index (χ3n) is 3.76. The molecule has 1 aliphatic carbocycles. The standard InChI is InChI=1S/C16H14ClFO/c17-14-8-11(6-7-15(14)18)16(19)13-9-12(13)10-4-2-1-3-5-10/h1-8,12-13,16,19H,9H2. The number of halogens is 2. The maximum Gasteiger partial charge on any atom is 0.141 e. The summed E-state index contributed by atoms with van der Waals surface area (Å²) >= 11 is 5.75.